The molecule has 0 bridgehead atoms. The largest absolute Gasteiger partial charge is 0.340 e. The first kappa shape index (κ1) is 15.1. The van der Waals surface area contributed by atoms with Crippen molar-refractivity contribution in [3.8, 4) is 0 Å². The normalized spacial score (nSPS) is 11.1. The summed E-state index contributed by atoms with van der Waals surface area (Å²) in [5.41, 5.74) is 1.29. The van der Waals surface area contributed by atoms with E-state index < -0.39 is 0 Å². The van der Waals surface area contributed by atoms with Crippen LogP contribution in [0.15, 0.2) is 18.2 Å². The topological polar surface area (TPSA) is 92.6 Å². The van der Waals surface area contributed by atoms with Gasteiger partial charge in [-0.05, 0) is 35.5 Å². The van der Waals surface area contributed by atoms with Crippen LogP contribution in [0.25, 0.3) is 11.0 Å². The zero-order chi connectivity index (χ0) is 16.4. The Labute approximate surface area is 131 Å². The van der Waals surface area contributed by atoms with Crippen LogP contribution in [0.4, 0.5) is 4.39 Å². The molecule has 23 heavy (non-hydrogen) atoms. The Morgan fingerprint density at radius 1 is 1.43 bits per heavy atom. The molecule has 0 saturated heterocycles. The molecule has 0 atom stereocenters. The van der Waals surface area contributed by atoms with Crippen molar-refractivity contribution in [2.24, 2.45) is 0 Å². The van der Waals surface area contributed by atoms with Crippen LogP contribution in [0.3, 0.4) is 0 Å². The third-order valence-electron chi connectivity index (χ3n) is 3.55. The lowest BCUT2D eigenvalue weighted by molar-refractivity contribution is -0.130. The van der Waals surface area contributed by atoms with Gasteiger partial charge in [0.1, 0.15) is 17.5 Å². The van der Waals surface area contributed by atoms with E-state index in [-0.39, 0.29) is 18.1 Å². The fourth-order valence-electron chi connectivity index (χ4n) is 2.27. The number of H-pyrrole nitrogens is 1. The number of carbonyl (C=O) groups excluding carboxylic acids is 1. The standard InChI is InChI=1S/C14H16FN7O/c1-9-18-19-20-22(9)6-5-14(23)21(2)8-13-16-11-4-3-10(15)7-12(11)17-13/h3-4,7H,5-6,8H2,1-2H3,(H,16,17). The molecular weight excluding hydrogens is 301 g/mol. The van der Waals surface area contributed by atoms with Gasteiger partial charge in [0, 0.05) is 13.5 Å². The van der Waals surface area contributed by atoms with Gasteiger partial charge in [-0.2, -0.15) is 0 Å². The number of halogens is 1. The van der Waals surface area contributed by atoms with E-state index in [9.17, 15) is 9.18 Å². The monoisotopic (exact) mass is 317 g/mol. The number of rotatable bonds is 5. The lowest BCUT2D eigenvalue weighted by Gasteiger charge is -2.15. The van der Waals surface area contributed by atoms with E-state index in [1.54, 1.807) is 29.6 Å². The first-order valence-corrected chi connectivity index (χ1v) is 7.14. The highest BCUT2D eigenvalue weighted by molar-refractivity contribution is 5.77. The minimum atomic E-state index is -0.325. The predicted octanol–water partition coefficient (Wildman–Crippen LogP) is 1.05. The molecule has 2 heterocycles. The molecule has 9 heteroatoms. The van der Waals surface area contributed by atoms with E-state index in [1.807, 2.05) is 0 Å². The van der Waals surface area contributed by atoms with Crippen molar-refractivity contribution < 1.29 is 9.18 Å². The lowest BCUT2D eigenvalue weighted by atomic mass is 10.3. The Bertz CT molecular complexity index is 841. The summed E-state index contributed by atoms with van der Waals surface area (Å²) in [5, 5.41) is 11.1. The van der Waals surface area contributed by atoms with Crippen LogP contribution in [0.5, 0.6) is 0 Å². The van der Waals surface area contributed by atoms with Crippen molar-refractivity contribution in [3.05, 3.63) is 35.7 Å². The fourth-order valence-corrected chi connectivity index (χ4v) is 2.27. The van der Waals surface area contributed by atoms with Crippen molar-refractivity contribution in [2.45, 2.75) is 26.4 Å². The van der Waals surface area contributed by atoms with Crippen LogP contribution in [0.1, 0.15) is 18.1 Å². The maximum absolute atomic E-state index is 13.2. The van der Waals surface area contributed by atoms with Gasteiger partial charge < -0.3 is 9.88 Å². The van der Waals surface area contributed by atoms with Gasteiger partial charge in [-0.25, -0.2) is 14.1 Å². The molecule has 2 aromatic heterocycles. The third-order valence-corrected chi connectivity index (χ3v) is 3.55. The Morgan fingerprint density at radius 3 is 3.00 bits per heavy atom. The van der Waals surface area contributed by atoms with Gasteiger partial charge in [-0.3, -0.25) is 4.79 Å². The van der Waals surface area contributed by atoms with Crippen LogP contribution in [-0.4, -0.2) is 48.0 Å². The number of aromatic amines is 1. The van der Waals surface area contributed by atoms with E-state index in [4.69, 9.17) is 0 Å². The van der Waals surface area contributed by atoms with E-state index in [2.05, 4.69) is 25.5 Å². The quantitative estimate of drug-likeness (QED) is 0.759. The molecule has 1 aromatic carbocycles. The summed E-state index contributed by atoms with van der Waals surface area (Å²) < 4.78 is 14.8. The highest BCUT2D eigenvalue weighted by Crippen LogP contribution is 2.14. The van der Waals surface area contributed by atoms with Crippen LogP contribution in [0, 0.1) is 12.7 Å². The number of hydrogen-bond donors (Lipinski definition) is 1. The molecule has 0 unspecified atom stereocenters. The van der Waals surface area contributed by atoms with Crippen molar-refractivity contribution in [2.75, 3.05) is 7.05 Å². The van der Waals surface area contributed by atoms with E-state index >= 15 is 0 Å². The number of hydrogen-bond acceptors (Lipinski definition) is 5. The number of benzene rings is 1. The van der Waals surface area contributed by atoms with Crippen molar-refractivity contribution in [1.29, 1.82) is 0 Å². The van der Waals surface area contributed by atoms with E-state index in [0.29, 0.717) is 35.8 Å². The zero-order valence-electron chi connectivity index (χ0n) is 12.8. The maximum Gasteiger partial charge on any atom is 0.224 e. The summed E-state index contributed by atoms with van der Waals surface area (Å²) in [6.07, 6.45) is 0.289. The Balaban J connectivity index is 1.61. The zero-order valence-corrected chi connectivity index (χ0v) is 12.8. The van der Waals surface area contributed by atoms with Crippen LogP contribution in [-0.2, 0) is 17.9 Å². The number of carbonyl (C=O) groups is 1. The average molecular weight is 317 g/mol. The van der Waals surface area contributed by atoms with E-state index in [1.165, 1.54) is 12.1 Å². The van der Waals surface area contributed by atoms with Gasteiger partial charge in [-0.1, -0.05) is 0 Å². The van der Waals surface area contributed by atoms with Gasteiger partial charge in [0.05, 0.1) is 24.1 Å². The van der Waals surface area contributed by atoms with Gasteiger partial charge >= 0.3 is 0 Å². The third kappa shape index (κ3) is 3.33. The molecule has 120 valence electrons. The lowest BCUT2D eigenvalue weighted by Crippen LogP contribution is -2.27. The molecule has 0 fully saturated rings. The minimum Gasteiger partial charge on any atom is -0.340 e. The molecule has 0 radical (unpaired) electrons. The van der Waals surface area contributed by atoms with Crippen molar-refractivity contribution >= 4 is 16.9 Å². The molecule has 8 nitrogen and oxygen atoms in total. The SMILES string of the molecule is Cc1nnnn1CCC(=O)N(C)Cc1nc2ccc(F)cc2[nH]1. The van der Waals surface area contributed by atoms with Crippen LogP contribution >= 0.6 is 0 Å². The van der Waals surface area contributed by atoms with Crippen LogP contribution < -0.4 is 0 Å². The van der Waals surface area contributed by atoms with Gasteiger partial charge in [-0.15, -0.1) is 5.10 Å². The first-order valence-electron chi connectivity index (χ1n) is 7.14. The number of aromatic nitrogens is 6. The number of amides is 1. The van der Waals surface area contributed by atoms with Gasteiger partial charge in [0.2, 0.25) is 5.91 Å². The van der Waals surface area contributed by atoms with Crippen molar-refractivity contribution in [1.82, 2.24) is 35.1 Å². The molecule has 3 rings (SSSR count). The summed E-state index contributed by atoms with van der Waals surface area (Å²) in [7, 11) is 1.70. The van der Waals surface area contributed by atoms with E-state index in [0.717, 1.165) is 0 Å². The average Bonchev–Trinajstić information content (AvgIpc) is 3.09. The summed E-state index contributed by atoms with van der Waals surface area (Å²) in [4.78, 5) is 21.1. The van der Waals surface area contributed by atoms with Gasteiger partial charge in [0.15, 0.2) is 0 Å². The molecule has 1 N–H and O–H groups in total. The molecular formula is C14H16FN7O. The summed E-state index contributed by atoms with van der Waals surface area (Å²) in [6, 6.07) is 4.34. The maximum atomic E-state index is 13.2. The fraction of sp³-hybridized carbons (Fsp3) is 0.357. The Hall–Kier alpha value is -2.84. The number of aryl methyl sites for hydroxylation is 2. The second-order valence-corrected chi connectivity index (χ2v) is 5.29. The Morgan fingerprint density at radius 2 is 2.26 bits per heavy atom. The van der Waals surface area contributed by atoms with Crippen LogP contribution in [0.2, 0.25) is 0 Å². The highest BCUT2D eigenvalue weighted by atomic mass is 19.1. The highest BCUT2D eigenvalue weighted by Gasteiger charge is 2.13. The molecule has 0 spiro atoms. The predicted molar refractivity (Wildman–Crippen MR) is 79.7 cm³/mol. The second kappa shape index (κ2) is 6.11. The smallest absolute Gasteiger partial charge is 0.224 e. The molecule has 0 saturated carbocycles. The van der Waals surface area contributed by atoms with Gasteiger partial charge in [0.25, 0.3) is 0 Å². The molecule has 3 aromatic rings. The number of fused-ring (bicyclic) bond motifs is 1. The number of nitrogens with zero attached hydrogens (tertiary/aromatic N) is 6. The first-order chi connectivity index (χ1) is 11.0. The molecule has 0 aliphatic rings. The summed E-state index contributed by atoms with van der Waals surface area (Å²) in [5.74, 6) is 0.903. The van der Waals surface area contributed by atoms with Crippen molar-refractivity contribution in [3.63, 3.8) is 0 Å². The number of imidazole rings is 1. The Kier molecular flexibility index (Phi) is 4.00. The summed E-state index contributed by atoms with van der Waals surface area (Å²) in [6.45, 7) is 2.53. The molecule has 0 aliphatic carbocycles. The second-order valence-electron chi connectivity index (χ2n) is 5.29. The molecule has 1 amide bonds. The molecule has 0 aliphatic heterocycles. The number of nitrogens with one attached hydrogen (secondary N) is 1. The summed E-state index contributed by atoms with van der Waals surface area (Å²) >= 11 is 0. The number of tetrazole rings is 1. The minimum absolute atomic E-state index is 0.0495.